The van der Waals surface area contributed by atoms with E-state index >= 15 is 0 Å². The number of hydrogen-bond acceptors (Lipinski definition) is 5. The van der Waals surface area contributed by atoms with Gasteiger partial charge in [0, 0.05) is 25.3 Å². The lowest BCUT2D eigenvalue weighted by Gasteiger charge is -2.32. The summed E-state index contributed by atoms with van der Waals surface area (Å²) in [7, 11) is 0. The maximum absolute atomic E-state index is 8.81. The Morgan fingerprint density at radius 3 is 3.22 bits per heavy atom. The second-order valence-corrected chi connectivity index (χ2v) is 4.81. The fourth-order valence-corrected chi connectivity index (χ4v) is 2.39. The topological polar surface area (TPSA) is 66.2 Å². The van der Waals surface area contributed by atoms with Crippen molar-refractivity contribution < 1.29 is 5.11 Å². The van der Waals surface area contributed by atoms with Crippen molar-refractivity contribution in [3.63, 3.8) is 0 Å². The summed E-state index contributed by atoms with van der Waals surface area (Å²) in [6, 6.07) is 0.557. The molecule has 1 aromatic heterocycles. The van der Waals surface area contributed by atoms with E-state index in [1.165, 1.54) is 19.4 Å². The Morgan fingerprint density at radius 1 is 1.56 bits per heavy atom. The first-order valence-electron chi connectivity index (χ1n) is 6.77. The van der Waals surface area contributed by atoms with Gasteiger partial charge in [-0.15, -0.1) is 5.10 Å². The van der Waals surface area contributed by atoms with Gasteiger partial charge in [0.2, 0.25) is 0 Å². The van der Waals surface area contributed by atoms with Gasteiger partial charge in [0.1, 0.15) is 0 Å². The zero-order valence-electron chi connectivity index (χ0n) is 11.0. The minimum absolute atomic E-state index is 0.102. The summed E-state index contributed by atoms with van der Waals surface area (Å²) >= 11 is 0. The van der Waals surface area contributed by atoms with E-state index in [0.29, 0.717) is 12.6 Å². The third kappa shape index (κ3) is 3.76. The second kappa shape index (κ2) is 6.82. The molecule has 1 fully saturated rings. The number of nitrogens with zero attached hydrogens (tertiary/aromatic N) is 4. The highest BCUT2D eigenvalue weighted by atomic mass is 16.3. The Kier molecular flexibility index (Phi) is 5.10. The van der Waals surface area contributed by atoms with Crippen LogP contribution in [0.5, 0.6) is 0 Å². The van der Waals surface area contributed by atoms with Crippen molar-refractivity contribution in [3.05, 3.63) is 11.9 Å². The Balaban J connectivity index is 1.76. The predicted molar refractivity (Wildman–Crippen MR) is 69.1 cm³/mol. The van der Waals surface area contributed by atoms with E-state index < -0.39 is 0 Å². The number of aromatic nitrogens is 3. The fourth-order valence-electron chi connectivity index (χ4n) is 2.39. The Hall–Kier alpha value is -0.980. The summed E-state index contributed by atoms with van der Waals surface area (Å²) in [6.45, 7) is 7.06. The number of rotatable bonds is 6. The molecule has 2 rings (SSSR count). The molecule has 0 aromatic carbocycles. The van der Waals surface area contributed by atoms with E-state index in [9.17, 15) is 0 Å². The fraction of sp³-hybridized carbons (Fsp3) is 0.833. The number of aliphatic hydroxyl groups excluding tert-OH is 1. The van der Waals surface area contributed by atoms with Crippen LogP contribution in [0.2, 0.25) is 0 Å². The van der Waals surface area contributed by atoms with E-state index in [2.05, 4.69) is 27.5 Å². The van der Waals surface area contributed by atoms with E-state index in [1.807, 2.05) is 6.20 Å². The number of hydrogen-bond donors (Lipinski definition) is 2. The van der Waals surface area contributed by atoms with E-state index in [4.69, 9.17) is 5.11 Å². The van der Waals surface area contributed by atoms with E-state index in [0.717, 1.165) is 25.3 Å². The first-order valence-corrected chi connectivity index (χ1v) is 6.77. The van der Waals surface area contributed by atoms with Crippen LogP contribution in [-0.4, -0.2) is 57.3 Å². The van der Waals surface area contributed by atoms with Crippen LogP contribution in [0, 0.1) is 0 Å². The molecule has 0 saturated carbocycles. The van der Waals surface area contributed by atoms with Crippen molar-refractivity contribution in [1.82, 2.24) is 25.2 Å². The van der Waals surface area contributed by atoms with Gasteiger partial charge in [-0.05, 0) is 25.9 Å². The molecule has 2 heterocycles. The van der Waals surface area contributed by atoms with Crippen LogP contribution in [0.15, 0.2) is 6.20 Å². The summed E-state index contributed by atoms with van der Waals surface area (Å²) in [5, 5.41) is 20.4. The third-order valence-corrected chi connectivity index (χ3v) is 3.44. The smallest absolute Gasteiger partial charge is 0.0964 e. The number of aliphatic hydroxyl groups is 1. The largest absolute Gasteiger partial charge is 0.394 e. The van der Waals surface area contributed by atoms with E-state index in [-0.39, 0.29) is 6.61 Å². The molecule has 1 saturated heterocycles. The summed E-state index contributed by atoms with van der Waals surface area (Å²) in [4.78, 5) is 2.48. The lowest BCUT2D eigenvalue weighted by atomic mass is 10.1. The average Bonchev–Trinajstić information content (AvgIpc) is 2.85. The molecule has 1 aliphatic heterocycles. The minimum Gasteiger partial charge on any atom is -0.394 e. The lowest BCUT2D eigenvalue weighted by molar-refractivity contribution is 0.198. The Morgan fingerprint density at radius 2 is 2.44 bits per heavy atom. The zero-order chi connectivity index (χ0) is 12.8. The first-order chi connectivity index (χ1) is 8.81. The van der Waals surface area contributed by atoms with Crippen molar-refractivity contribution in [2.45, 2.75) is 38.9 Å². The zero-order valence-corrected chi connectivity index (χ0v) is 11.0. The number of likely N-dealkylation sites (N-methyl/N-ethyl adjacent to an activating group) is 1. The van der Waals surface area contributed by atoms with Gasteiger partial charge in [-0.3, -0.25) is 0 Å². The third-order valence-electron chi connectivity index (χ3n) is 3.44. The van der Waals surface area contributed by atoms with Crippen LogP contribution < -0.4 is 5.32 Å². The maximum Gasteiger partial charge on any atom is 0.0964 e. The van der Waals surface area contributed by atoms with Gasteiger partial charge in [-0.1, -0.05) is 12.1 Å². The molecule has 0 bridgehead atoms. The van der Waals surface area contributed by atoms with Crippen LogP contribution in [0.1, 0.15) is 25.5 Å². The molecule has 0 radical (unpaired) electrons. The van der Waals surface area contributed by atoms with Crippen molar-refractivity contribution in [2.24, 2.45) is 0 Å². The average molecular weight is 253 g/mol. The first kappa shape index (κ1) is 13.5. The van der Waals surface area contributed by atoms with E-state index in [1.54, 1.807) is 4.68 Å². The molecule has 2 N–H and O–H groups in total. The highest BCUT2D eigenvalue weighted by molar-refractivity contribution is 4.93. The normalized spacial score (nSPS) is 21.3. The molecule has 0 aliphatic carbocycles. The Bertz CT molecular complexity index is 354. The standard InChI is InChI=1S/C12H23N5O/c1-2-16-5-3-4-11(9-16)13-8-12-10-17(6-7-18)15-14-12/h10-11,13,18H,2-9H2,1H3. The number of piperidine rings is 1. The van der Waals surface area contributed by atoms with Crippen LogP contribution in [0.25, 0.3) is 0 Å². The molecule has 102 valence electrons. The highest BCUT2D eigenvalue weighted by Gasteiger charge is 2.18. The number of likely N-dealkylation sites (tertiary alicyclic amines) is 1. The lowest BCUT2D eigenvalue weighted by Crippen LogP contribution is -2.45. The molecule has 1 aliphatic rings. The van der Waals surface area contributed by atoms with Gasteiger partial charge in [0.25, 0.3) is 0 Å². The Labute approximate surface area is 108 Å². The monoisotopic (exact) mass is 253 g/mol. The van der Waals surface area contributed by atoms with Gasteiger partial charge >= 0.3 is 0 Å². The van der Waals surface area contributed by atoms with Crippen LogP contribution in [0.4, 0.5) is 0 Å². The van der Waals surface area contributed by atoms with Crippen LogP contribution in [0.3, 0.4) is 0 Å². The summed E-state index contributed by atoms with van der Waals surface area (Å²) in [6.07, 6.45) is 4.40. The van der Waals surface area contributed by atoms with Gasteiger partial charge in [0.05, 0.1) is 18.8 Å². The van der Waals surface area contributed by atoms with Crippen molar-refractivity contribution >= 4 is 0 Å². The highest BCUT2D eigenvalue weighted by Crippen LogP contribution is 2.09. The van der Waals surface area contributed by atoms with Crippen molar-refractivity contribution in [1.29, 1.82) is 0 Å². The maximum atomic E-state index is 8.81. The van der Waals surface area contributed by atoms with Gasteiger partial charge < -0.3 is 15.3 Å². The molecule has 0 amide bonds. The molecule has 18 heavy (non-hydrogen) atoms. The molecule has 1 unspecified atom stereocenters. The second-order valence-electron chi connectivity index (χ2n) is 4.81. The molecule has 6 nitrogen and oxygen atoms in total. The molecule has 6 heteroatoms. The van der Waals surface area contributed by atoms with Crippen molar-refractivity contribution in [2.75, 3.05) is 26.2 Å². The van der Waals surface area contributed by atoms with Gasteiger partial charge in [-0.2, -0.15) is 0 Å². The summed E-state index contributed by atoms with van der Waals surface area (Å²) < 4.78 is 1.68. The number of nitrogens with one attached hydrogen (secondary N) is 1. The predicted octanol–water partition coefficient (Wildman–Crippen LogP) is -0.156. The molecular weight excluding hydrogens is 230 g/mol. The molecular formula is C12H23N5O. The summed E-state index contributed by atoms with van der Waals surface area (Å²) in [5.74, 6) is 0. The quantitative estimate of drug-likeness (QED) is 0.738. The van der Waals surface area contributed by atoms with Gasteiger partial charge in [0.15, 0.2) is 0 Å². The van der Waals surface area contributed by atoms with Gasteiger partial charge in [-0.25, -0.2) is 4.68 Å². The summed E-state index contributed by atoms with van der Waals surface area (Å²) in [5.41, 5.74) is 0.942. The molecule has 1 aromatic rings. The SMILES string of the molecule is CCN1CCCC(NCc2cn(CCO)nn2)C1. The minimum atomic E-state index is 0.102. The molecule has 1 atom stereocenters. The van der Waals surface area contributed by atoms with Crippen LogP contribution in [-0.2, 0) is 13.1 Å². The van der Waals surface area contributed by atoms with Crippen molar-refractivity contribution in [3.8, 4) is 0 Å². The van der Waals surface area contributed by atoms with Crippen LogP contribution >= 0.6 is 0 Å². The molecule has 0 spiro atoms.